The van der Waals surface area contributed by atoms with Gasteiger partial charge in [0.25, 0.3) is 0 Å². The summed E-state index contributed by atoms with van der Waals surface area (Å²) in [5, 5.41) is 37.2. The lowest BCUT2D eigenvalue weighted by Gasteiger charge is -2.26. The number of amides is 1. The summed E-state index contributed by atoms with van der Waals surface area (Å²) in [6, 6.07) is -0.722. The molecule has 0 rings (SSSR count). The molecule has 0 aliphatic heterocycles. The fraction of sp³-hybridized carbons (Fsp3) is 0.933. The molecule has 0 aliphatic carbocycles. The average molecular weight is 553 g/mol. The minimum atomic E-state index is -0.722. The molecule has 0 aromatic heterocycles. The Hall–Kier alpha value is -1.06. The number of carbonyl (C=O) groups excluding carboxylic acids is 2. The van der Waals surface area contributed by atoms with Crippen molar-refractivity contribution in [1.29, 1.82) is 0 Å². The molecule has 1 amide bonds. The summed E-state index contributed by atoms with van der Waals surface area (Å²) in [7, 11) is 0. The van der Waals surface area contributed by atoms with Crippen molar-refractivity contribution in [2.24, 2.45) is 33.3 Å². The number of rotatable bonds is 8. The van der Waals surface area contributed by atoms with Crippen LogP contribution in [0.2, 0.25) is 0 Å². The third-order valence-electron chi connectivity index (χ3n) is 5.06. The van der Waals surface area contributed by atoms with Gasteiger partial charge in [-0.3, -0.25) is 9.59 Å². The first-order chi connectivity index (χ1) is 16.4. The van der Waals surface area contributed by atoms with E-state index in [1.165, 1.54) is 0 Å². The normalized spacial score (nSPS) is 12.4. The number of ketones is 1. The van der Waals surface area contributed by atoms with Gasteiger partial charge in [0.1, 0.15) is 0 Å². The van der Waals surface area contributed by atoms with Gasteiger partial charge in [0, 0.05) is 44.1 Å². The van der Waals surface area contributed by atoms with E-state index in [2.05, 4.69) is 53.8 Å². The fourth-order valence-corrected chi connectivity index (χ4v) is 2.39. The molecule has 1 unspecified atom stereocenters. The average Bonchev–Trinajstić information content (AvgIpc) is 2.69. The van der Waals surface area contributed by atoms with Crippen molar-refractivity contribution in [2.75, 3.05) is 33.0 Å². The Morgan fingerprint density at radius 2 is 1.18 bits per heavy atom. The number of carbonyl (C=O) groups is 2. The largest absolute Gasteiger partial charge is 0.396 e. The van der Waals surface area contributed by atoms with E-state index in [0.717, 1.165) is 19.4 Å². The number of hydrogen-bond acceptors (Lipinski definition) is 7. The Morgan fingerprint density at radius 1 is 0.763 bits per heavy atom. The topological polar surface area (TPSA) is 153 Å². The van der Waals surface area contributed by atoms with Crippen molar-refractivity contribution >= 4 is 11.7 Å². The quantitative estimate of drug-likeness (QED) is 0.258. The minimum Gasteiger partial charge on any atom is -0.396 e. The molecule has 0 saturated carbocycles. The van der Waals surface area contributed by atoms with E-state index in [1.807, 2.05) is 20.8 Å². The van der Waals surface area contributed by atoms with Crippen molar-refractivity contribution in [3.63, 3.8) is 0 Å². The van der Waals surface area contributed by atoms with E-state index < -0.39 is 11.5 Å². The zero-order valence-electron chi connectivity index (χ0n) is 26.5. The molecule has 1 atom stereocenters. The first kappa shape index (κ1) is 46.8. The summed E-state index contributed by atoms with van der Waals surface area (Å²) >= 11 is 0. The van der Waals surface area contributed by atoms with Crippen LogP contribution in [0.4, 0.5) is 0 Å². The molecule has 7 N–H and O–H groups in total. The first-order valence-electron chi connectivity index (χ1n) is 13.4. The third kappa shape index (κ3) is 34.9. The van der Waals surface area contributed by atoms with Crippen LogP contribution in [-0.2, 0) is 9.59 Å². The van der Waals surface area contributed by atoms with Gasteiger partial charge in [-0.2, -0.15) is 0 Å². The SMILES string of the molecule is C.CC(C)(C)C(=O)C(N)CO.CC(C)(C)C(CO)CO.CC(C)(C)CCO.CCCNC(=O)CC(C)(C)C. The number of nitrogens with two attached hydrogens (primary N) is 1. The van der Waals surface area contributed by atoms with Gasteiger partial charge in [0.2, 0.25) is 5.91 Å². The predicted molar refractivity (Wildman–Crippen MR) is 162 cm³/mol. The summed E-state index contributed by atoms with van der Waals surface area (Å²) in [5.74, 6) is 0.0758. The molecule has 0 bridgehead atoms. The van der Waals surface area contributed by atoms with Crippen LogP contribution in [0.3, 0.4) is 0 Å². The number of aliphatic hydroxyl groups excluding tert-OH is 4. The Morgan fingerprint density at radius 3 is 1.32 bits per heavy atom. The number of aliphatic hydroxyl groups is 4. The van der Waals surface area contributed by atoms with Crippen LogP contribution in [-0.4, -0.2) is 71.1 Å². The van der Waals surface area contributed by atoms with E-state index >= 15 is 0 Å². The van der Waals surface area contributed by atoms with Crippen molar-refractivity contribution in [3.05, 3.63) is 0 Å². The van der Waals surface area contributed by atoms with Gasteiger partial charge in [0.05, 0.1) is 12.6 Å². The fourth-order valence-electron chi connectivity index (χ4n) is 2.39. The molecule has 234 valence electrons. The molecular formula is C30H68N2O6. The highest BCUT2D eigenvalue weighted by molar-refractivity contribution is 5.88. The first-order valence-corrected chi connectivity index (χ1v) is 13.4. The lowest BCUT2D eigenvalue weighted by Crippen LogP contribution is -2.41. The smallest absolute Gasteiger partial charge is 0.220 e. The monoisotopic (exact) mass is 553 g/mol. The lowest BCUT2D eigenvalue weighted by atomic mass is 9.82. The van der Waals surface area contributed by atoms with Gasteiger partial charge in [0.15, 0.2) is 5.78 Å². The molecule has 0 spiro atoms. The molecule has 0 radical (unpaired) electrons. The second-order valence-electron chi connectivity index (χ2n) is 14.0. The Bertz CT molecular complexity index is 563. The Balaban J connectivity index is -0.000000128. The highest BCUT2D eigenvalue weighted by Gasteiger charge is 2.26. The van der Waals surface area contributed by atoms with Gasteiger partial charge < -0.3 is 31.5 Å². The Kier molecular flexibility index (Phi) is 28.0. The maximum Gasteiger partial charge on any atom is 0.220 e. The van der Waals surface area contributed by atoms with Crippen LogP contribution in [0.1, 0.15) is 117 Å². The van der Waals surface area contributed by atoms with Crippen LogP contribution in [0.5, 0.6) is 0 Å². The molecule has 0 heterocycles. The Labute approximate surface area is 236 Å². The molecule has 0 aliphatic rings. The molecule has 0 fully saturated rings. The number of Topliss-reactive ketones (excluding diaryl/α,β-unsaturated/α-hetero) is 1. The molecule has 8 heteroatoms. The summed E-state index contributed by atoms with van der Waals surface area (Å²) in [5.41, 5.74) is 5.29. The van der Waals surface area contributed by atoms with Crippen molar-refractivity contribution in [3.8, 4) is 0 Å². The van der Waals surface area contributed by atoms with Crippen LogP contribution in [0.15, 0.2) is 0 Å². The lowest BCUT2D eigenvalue weighted by molar-refractivity contribution is -0.128. The minimum absolute atomic E-state index is 0. The molecule has 38 heavy (non-hydrogen) atoms. The second-order valence-corrected chi connectivity index (χ2v) is 14.0. The van der Waals surface area contributed by atoms with Crippen LogP contribution in [0, 0.1) is 27.6 Å². The van der Waals surface area contributed by atoms with E-state index in [4.69, 9.17) is 26.2 Å². The van der Waals surface area contributed by atoms with Gasteiger partial charge in [-0.1, -0.05) is 97.4 Å². The summed E-state index contributed by atoms with van der Waals surface area (Å²) < 4.78 is 0. The molecule has 8 nitrogen and oxygen atoms in total. The van der Waals surface area contributed by atoms with Gasteiger partial charge in [-0.05, 0) is 29.1 Å². The number of nitrogens with one attached hydrogen (secondary N) is 1. The zero-order valence-corrected chi connectivity index (χ0v) is 26.5. The van der Waals surface area contributed by atoms with Gasteiger partial charge in [-0.15, -0.1) is 0 Å². The predicted octanol–water partition coefficient (Wildman–Crippen LogP) is 4.55. The van der Waals surface area contributed by atoms with Gasteiger partial charge in [-0.25, -0.2) is 0 Å². The summed E-state index contributed by atoms with van der Waals surface area (Å²) in [6.45, 7) is 26.9. The van der Waals surface area contributed by atoms with Crippen molar-refractivity contribution in [1.82, 2.24) is 5.32 Å². The maximum atomic E-state index is 11.1. The molecular weight excluding hydrogens is 484 g/mol. The molecule has 0 aromatic rings. The van der Waals surface area contributed by atoms with Crippen LogP contribution >= 0.6 is 0 Å². The second kappa shape index (κ2) is 22.7. The van der Waals surface area contributed by atoms with E-state index in [-0.39, 0.29) is 55.7 Å². The zero-order chi connectivity index (χ0) is 30.7. The van der Waals surface area contributed by atoms with Crippen molar-refractivity contribution in [2.45, 2.75) is 123 Å². The molecule has 0 saturated heterocycles. The third-order valence-corrected chi connectivity index (χ3v) is 5.06. The van der Waals surface area contributed by atoms with Crippen LogP contribution in [0.25, 0.3) is 0 Å². The van der Waals surface area contributed by atoms with E-state index in [0.29, 0.717) is 18.4 Å². The molecule has 0 aromatic carbocycles. The standard InChI is InChI=1S/C9H19NO.C7H15NO2.C7H16O2.C6H14O.CH4/c1-5-6-10-8(11)7-9(2,3)4;1-7(2,3)6(10)5(8)4-9;1-7(2,3)6(4-8)5-9;1-6(2,3)4-5-7;/h5-7H2,1-4H3,(H,10,11);5,9H,4,8H2,1-3H3;6,8-9H,4-5H2,1-3H3;7H,4-5H2,1-3H3;1H4. The van der Waals surface area contributed by atoms with E-state index in [9.17, 15) is 9.59 Å². The van der Waals surface area contributed by atoms with E-state index in [1.54, 1.807) is 20.8 Å². The maximum absolute atomic E-state index is 11.1. The summed E-state index contributed by atoms with van der Waals surface area (Å²) in [6.07, 6.45) is 2.52. The highest BCUT2D eigenvalue weighted by Crippen LogP contribution is 2.24. The van der Waals surface area contributed by atoms with Gasteiger partial charge >= 0.3 is 0 Å². The van der Waals surface area contributed by atoms with Crippen LogP contribution < -0.4 is 11.1 Å². The summed E-state index contributed by atoms with van der Waals surface area (Å²) in [4.78, 5) is 22.2. The number of hydrogen-bond donors (Lipinski definition) is 6. The highest BCUT2D eigenvalue weighted by atomic mass is 16.3. The van der Waals surface area contributed by atoms with Crippen molar-refractivity contribution < 1.29 is 30.0 Å².